The van der Waals surface area contributed by atoms with Crippen LogP contribution in [0, 0.1) is 11.7 Å². The molecule has 0 aliphatic carbocycles. The molecule has 21 heavy (non-hydrogen) atoms. The molecule has 0 radical (unpaired) electrons. The number of hydrogen-bond acceptors (Lipinski definition) is 4. The van der Waals surface area contributed by atoms with Crippen molar-refractivity contribution < 1.29 is 9.47 Å². The van der Waals surface area contributed by atoms with E-state index in [0.29, 0.717) is 10.5 Å². The van der Waals surface area contributed by atoms with Gasteiger partial charge in [0.2, 0.25) is 0 Å². The van der Waals surface area contributed by atoms with E-state index in [0.717, 1.165) is 28.3 Å². The van der Waals surface area contributed by atoms with Crippen LogP contribution in [0.2, 0.25) is 0 Å². The molecule has 2 aromatic heterocycles. The molecule has 0 amide bonds. The van der Waals surface area contributed by atoms with E-state index in [2.05, 4.69) is 9.97 Å². The lowest BCUT2D eigenvalue weighted by Crippen LogP contribution is -2.00. The fourth-order valence-electron chi connectivity index (χ4n) is 2.27. The first-order chi connectivity index (χ1) is 10.1. The molecule has 0 saturated heterocycles. The minimum absolute atomic E-state index is 0.576. The number of methoxy groups -OCH3 is 2. The predicted molar refractivity (Wildman–Crippen MR) is 84.1 cm³/mol. The summed E-state index contributed by atoms with van der Waals surface area (Å²) < 4.78 is 13.1. The van der Waals surface area contributed by atoms with Crippen LogP contribution in [-0.4, -0.2) is 28.8 Å². The Morgan fingerprint density at radius 1 is 1.14 bits per heavy atom. The van der Waals surface area contributed by atoms with Gasteiger partial charge >= 0.3 is 0 Å². The van der Waals surface area contributed by atoms with Gasteiger partial charge in [0.15, 0.2) is 10.4 Å². The number of hydrogen-bond donors (Lipinski definition) is 1. The molecule has 0 unspecified atom stereocenters. The lowest BCUT2D eigenvalue weighted by molar-refractivity contribution is 0.393. The Hall–Kier alpha value is -2.34. The monoisotopic (exact) mass is 301 g/mol. The molecule has 108 valence electrons. The maximum absolute atomic E-state index is 5.46. The average Bonchev–Trinajstić information content (AvgIpc) is 2.81. The number of fused-ring (bicyclic) bond motifs is 1. The fraction of sp³-hybridized carbons (Fsp3) is 0.200. The van der Waals surface area contributed by atoms with E-state index in [1.54, 1.807) is 14.2 Å². The molecule has 6 heteroatoms. The van der Waals surface area contributed by atoms with Crippen molar-refractivity contribution in [2.45, 2.75) is 6.92 Å². The smallest absolute Gasteiger partial charge is 0.184 e. The van der Waals surface area contributed by atoms with Crippen LogP contribution in [0.4, 0.5) is 0 Å². The molecular formula is C15H15N3O2S. The molecule has 3 aromatic rings. The van der Waals surface area contributed by atoms with E-state index in [-0.39, 0.29) is 0 Å². The lowest BCUT2D eigenvalue weighted by Gasteiger charge is -2.11. The summed E-state index contributed by atoms with van der Waals surface area (Å²) in [6.45, 7) is 1.95. The minimum Gasteiger partial charge on any atom is -0.497 e. The number of nitrogens with zero attached hydrogens (tertiary/aromatic N) is 2. The van der Waals surface area contributed by atoms with Crippen molar-refractivity contribution in [1.29, 1.82) is 0 Å². The Balaban J connectivity index is 2.32. The Bertz CT molecular complexity index is 867. The summed E-state index contributed by atoms with van der Waals surface area (Å²) in [4.78, 5) is 7.73. The van der Waals surface area contributed by atoms with Crippen molar-refractivity contribution in [1.82, 2.24) is 14.5 Å². The zero-order valence-corrected chi connectivity index (χ0v) is 12.8. The van der Waals surface area contributed by atoms with E-state index in [9.17, 15) is 0 Å². The zero-order chi connectivity index (χ0) is 15.0. The molecule has 0 bridgehead atoms. The maximum atomic E-state index is 5.46. The van der Waals surface area contributed by atoms with Crippen molar-refractivity contribution in [2.75, 3.05) is 14.2 Å². The third-order valence-corrected chi connectivity index (χ3v) is 3.58. The Morgan fingerprint density at radius 3 is 2.67 bits per heavy atom. The quantitative estimate of drug-likeness (QED) is 0.753. The van der Waals surface area contributed by atoms with Crippen LogP contribution in [-0.2, 0) is 0 Å². The number of aromatic nitrogens is 3. The van der Waals surface area contributed by atoms with Gasteiger partial charge in [0.05, 0.1) is 25.4 Å². The fourth-order valence-corrected chi connectivity index (χ4v) is 2.57. The normalized spacial score (nSPS) is 10.8. The van der Waals surface area contributed by atoms with Crippen molar-refractivity contribution in [3.8, 4) is 17.2 Å². The Morgan fingerprint density at radius 2 is 1.95 bits per heavy atom. The predicted octanol–water partition coefficient (Wildman–Crippen LogP) is 3.41. The van der Waals surface area contributed by atoms with E-state index in [1.807, 2.05) is 41.8 Å². The van der Waals surface area contributed by atoms with Crippen LogP contribution in [0.15, 0.2) is 30.3 Å². The summed E-state index contributed by atoms with van der Waals surface area (Å²) in [5.74, 6) is 1.40. The van der Waals surface area contributed by atoms with Gasteiger partial charge in [-0.05, 0) is 43.4 Å². The molecule has 1 aromatic carbocycles. The van der Waals surface area contributed by atoms with Gasteiger partial charge in [-0.25, -0.2) is 4.98 Å². The van der Waals surface area contributed by atoms with Gasteiger partial charge in [0.25, 0.3) is 0 Å². The second-order valence-corrected chi connectivity index (χ2v) is 5.01. The van der Waals surface area contributed by atoms with Crippen LogP contribution in [0.5, 0.6) is 11.5 Å². The second-order valence-electron chi connectivity index (χ2n) is 4.63. The van der Waals surface area contributed by atoms with Crippen LogP contribution in [0.3, 0.4) is 0 Å². The number of H-pyrrole nitrogens is 1. The van der Waals surface area contributed by atoms with Gasteiger partial charge in [-0.1, -0.05) is 0 Å². The van der Waals surface area contributed by atoms with Crippen LogP contribution < -0.4 is 9.47 Å². The number of ether oxygens (including phenoxy) is 2. The molecular weight excluding hydrogens is 286 g/mol. The highest BCUT2D eigenvalue weighted by Gasteiger charge is 2.13. The van der Waals surface area contributed by atoms with Gasteiger partial charge in [0, 0.05) is 11.8 Å². The Labute approximate surface area is 127 Å². The summed E-state index contributed by atoms with van der Waals surface area (Å²) in [6.07, 6.45) is 0. The molecule has 0 atom stereocenters. The Kier molecular flexibility index (Phi) is 3.39. The number of rotatable bonds is 3. The zero-order valence-electron chi connectivity index (χ0n) is 12.0. The summed E-state index contributed by atoms with van der Waals surface area (Å²) >= 11 is 5.43. The van der Waals surface area contributed by atoms with Gasteiger partial charge in [-0.15, -0.1) is 0 Å². The third-order valence-electron chi connectivity index (χ3n) is 3.30. The topological polar surface area (TPSA) is 52.1 Å². The number of pyridine rings is 1. The van der Waals surface area contributed by atoms with E-state index >= 15 is 0 Å². The molecule has 0 saturated carbocycles. The molecule has 3 rings (SSSR count). The molecule has 0 fully saturated rings. The minimum atomic E-state index is 0.576. The number of aryl methyl sites for hydroxylation is 1. The summed E-state index contributed by atoms with van der Waals surface area (Å²) in [5.41, 5.74) is 3.43. The van der Waals surface area contributed by atoms with E-state index in [1.165, 1.54) is 0 Å². The van der Waals surface area contributed by atoms with Crippen molar-refractivity contribution in [3.63, 3.8) is 0 Å². The molecule has 0 aliphatic rings. The number of imidazole rings is 1. The van der Waals surface area contributed by atoms with Gasteiger partial charge in [-0.2, -0.15) is 0 Å². The van der Waals surface area contributed by atoms with Crippen molar-refractivity contribution in [3.05, 3.63) is 40.8 Å². The SMILES string of the molecule is COc1ccc(-n2c(=S)[nH]c3ccc(C)nc32)c(OC)c1. The van der Waals surface area contributed by atoms with Crippen LogP contribution >= 0.6 is 12.2 Å². The third kappa shape index (κ3) is 2.27. The first kappa shape index (κ1) is 13.6. The van der Waals surface area contributed by atoms with Gasteiger partial charge < -0.3 is 14.5 Å². The molecule has 0 aliphatic heterocycles. The second kappa shape index (κ2) is 5.21. The molecule has 1 N–H and O–H groups in total. The number of aromatic amines is 1. The highest BCUT2D eigenvalue weighted by molar-refractivity contribution is 7.71. The average molecular weight is 301 g/mol. The van der Waals surface area contributed by atoms with Crippen LogP contribution in [0.1, 0.15) is 5.69 Å². The first-order valence-corrected chi connectivity index (χ1v) is 6.85. The first-order valence-electron chi connectivity index (χ1n) is 6.45. The van der Waals surface area contributed by atoms with Gasteiger partial charge in [0.1, 0.15) is 11.5 Å². The van der Waals surface area contributed by atoms with Crippen molar-refractivity contribution in [2.24, 2.45) is 0 Å². The number of nitrogens with one attached hydrogen (secondary N) is 1. The summed E-state index contributed by atoms with van der Waals surface area (Å²) in [6, 6.07) is 9.52. The largest absolute Gasteiger partial charge is 0.497 e. The van der Waals surface area contributed by atoms with Gasteiger partial charge in [-0.3, -0.25) is 4.57 Å². The van der Waals surface area contributed by atoms with E-state index in [4.69, 9.17) is 21.7 Å². The number of benzene rings is 1. The molecule has 2 heterocycles. The molecule has 0 spiro atoms. The van der Waals surface area contributed by atoms with E-state index < -0.39 is 0 Å². The highest BCUT2D eigenvalue weighted by Crippen LogP contribution is 2.30. The summed E-state index contributed by atoms with van der Waals surface area (Å²) in [5, 5.41) is 0. The standard InChI is InChI=1S/C15H15N3O2S/c1-9-4-6-11-14(16-9)18(15(21)17-11)12-7-5-10(19-2)8-13(12)20-3/h4-8H,1-3H3,(H,17,21). The maximum Gasteiger partial charge on any atom is 0.184 e. The highest BCUT2D eigenvalue weighted by atomic mass is 32.1. The van der Waals surface area contributed by atoms with Crippen LogP contribution in [0.25, 0.3) is 16.9 Å². The summed E-state index contributed by atoms with van der Waals surface area (Å²) in [7, 11) is 3.24. The van der Waals surface area contributed by atoms with Crippen molar-refractivity contribution >= 4 is 23.4 Å². The molecule has 5 nitrogen and oxygen atoms in total. The lowest BCUT2D eigenvalue weighted by atomic mass is 10.2.